The molecule has 0 atom stereocenters. The summed E-state index contributed by atoms with van der Waals surface area (Å²) in [5.41, 5.74) is 0.969. The molecule has 136 valence electrons. The van der Waals surface area contributed by atoms with Crippen LogP contribution in [0.4, 0.5) is 11.4 Å². The topological polar surface area (TPSA) is 83.6 Å². The Balaban J connectivity index is 1.78. The molecule has 0 spiro atoms. The predicted octanol–water partition coefficient (Wildman–Crippen LogP) is 3.04. The zero-order valence-electron chi connectivity index (χ0n) is 13.8. The first-order valence-corrected chi connectivity index (χ1v) is 11.9. The van der Waals surface area contributed by atoms with Crippen molar-refractivity contribution < 1.29 is 16.8 Å². The average molecular weight is 401 g/mol. The van der Waals surface area contributed by atoms with Gasteiger partial charge in [0.1, 0.15) is 4.21 Å². The Labute approximate surface area is 152 Å². The summed E-state index contributed by atoms with van der Waals surface area (Å²) in [6, 6.07) is 9.85. The monoisotopic (exact) mass is 400 g/mol. The lowest BCUT2D eigenvalue weighted by Crippen LogP contribution is -2.37. The number of hydrogen-bond donors (Lipinski definition) is 1. The fraction of sp³-hybridized carbons (Fsp3) is 0.375. The van der Waals surface area contributed by atoms with Crippen molar-refractivity contribution in [3.05, 3.63) is 41.3 Å². The molecule has 1 aromatic heterocycles. The molecule has 0 radical (unpaired) electrons. The molecule has 0 saturated carbocycles. The van der Waals surface area contributed by atoms with Gasteiger partial charge in [0.25, 0.3) is 10.0 Å². The zero-order chi connectivity index (χ0) is 18.1. The Hall–Kier alpha value is -1.58. The van der Waals surface area contributed by atoms with Gasteiger partial charge in [0.05, 0.1) is 11.4 Å². The summed E-state index contributed by atoms with van der Waals surface area (Å²) >= 11 is 1.25. The van der Waals surface area contributed by atoms with Crippen LogP contribution in [-0.2, 0) is 26.5 Å². The summed E-state index contributed by atoms with van der Waals surface area (Å²) in [6.07, 6.45) is 2.29. The van der Waals surface area contributed by atoms with Crippen molar-refractivity contribution >= 4 is 42.8 Å². The molecule has 2 heterocycles. The molecule has 6 nitrogen and oxygen atoms in total. The van der Waals surface area contributed by atoms with E-state index in [1.54, 1.807) is 30.3 Å². The van der Waals surface area contributed by atoms with Crippen LogP contribution >= 0.6 is 11.3 Å². The van der Waals surface area contributed by atoms with Crippen molar-refractivity contribution in [2.24, 2.45) is 0 Å². The lowest BCUT2D eigenvalue weighted by Gasteiger charge is -2.28. The minimum Gasteiger partial charge on any atom is -0.279 e. The Morgan fingerprint density at radius 2 is 1.84 bits per heavy atom. The highest BCUT2D eigenvalue weighted by Gasteiger charge is 2.26. The van der Waals surface area contributed by atoms with Crippen LogP contribution in [0.1, 0.15) is 24.6 Å². The van der Waals surface area contributed by atoms with Crippen LogP contribution in [-0.4, -0.2) is 29.1 Å². The minimum atomic E-state index is -3.63. The van der Waals surface area contributed by atoms with E-state index in [9.17, 15) is 16.8 Å². The summed E-state index contributed by atoms with van der Waals surface area (Å²) in [6.45, 7) is 2.44. The number of benzene rings is 1. The molecule has 0 amide bonds. The molecule has 1 aliphatic rings. The number of sulfonamides is 2. The van der Waals surface area contributed by atoms with E-state index in [4.69, 9.17) is 0 Å². The van der Waals surface area contributed by atoms with Gasteiger partial charge in [0.15, 0.2) is 0 Å². The van der Waals surface area contributed by atoms with Crippen LogP contribution in [0.3, 0.4) is 0 Å². The third-order valence-electron chi connectivity index (χ3n) is 4.01. The van der Waals surface area contributed by atoms with Gasteiger partial charge >= 0.3 is 0 Å². The van der Waals surface area contributed by atoms with Gasteiger partial charge in [0.2, 0.25) is 10.0 Å². The summed E-state index contributed by atoms with van der Waals surface area (Å²) in [7, 11) is -6.90. The molecular formula is C16H20N2O4S3. The van der Waals surface area contributed by atoms with Crippen LogP contribution in [0.15, 0.2) is 40.6 Å². The van der Waals surface area contributed by atoms with E-state index in [1.807, 2.05) is 13.0 Å². The second kappa shape index (κ2) is 6.97. The summed E-state index contributed by atoms with van der Waals surface area (Å²) in [4.78, 5) is 1.01. The number of anilines is 2. The number of hydrogen-bond acceptors (Lipinski definition) is 5. The Kier molecular flexibility index (Phi) is 5.08. The van der Waals surface area contributed by atoms with Gasteiger partial charge in [-0.1, -0.05) is 6.92 Å². The standard InChI is InChI=1S/C16H20N2O4S3/c1-2-15-9-10-16(23-15)25(21,22)17-13-5-7-14(8-6-13)18-11-3-4-12-24(18,19)20/h5-10,17H,2-4,11-12H2,1H3. The van der Waals surface area contributed by atoms with Crippen LogP contribution in [0.25, 0.3) is 0 Å². The van der Waals surface area contributed by atoms with Crippen molar-refractivity contribution in [1.29, 1.82) is 0 Å². The van der Waals surface area contributed by atoms with Crippen molar-refractivity contribution in [2.75, 3.05) is 21.3 Å². The van der Waals surface area contributed by atoms with Crippen molar-refractivity contribution in [3.63, 3.8) is 0 Å². The first-order valence-electron chi connectivity index (χ1n) is 8.04. The number of nitrogens with zero attached hydrogens (tertiary/aromatic N) is 1. The molecule has 0 bridgehead atoms. The highest BCUT2D eigenvalue weighted by Crippen LogP contribution is 2.27. The van der Waals surface area contributed by atoms with Crippen LogP contribution < -0.4 is 9.03 Å². The number of thiophene rings is 1. The molecule has 1 aromatic carbocycles. The van der Waals surface area contributed by atoms with Crippen LogP contribution in [0.5, 0.6) is 0 Å². The van der Waals surface area contributed by atoms with Gasteiger partial charge in [-0.2, -0.15) is 0 Å². The van der Waals surface area contributed by atoms with Gasteiger partial charge < -0.3 is 0 Å². The van der Waals surface area contributed by atoms with Crippen LogP contribution in [0, 0.1) is 0 Å². The Bertz CT molecular complexity index is 948. The highest BCUT2D eigenvalue weighted by atomic mass is 32.2. The van der Waals surface area contributed by atoms with E-state index in [2.05, 4.69) is 4.72 Å². The second-order valence-electron chi connectivity index (χ2n) is 5.82. The molecule has 0 unspecified atom stereocenters. The molecule has 1 saturated heterocycles. The van der Waals surface area contributed by atoms with Crippen LogP contribution in [0.2, 0.25) is 0 Å². The average Bonchev–Trinajstić information content (AvgIpc) is 3.05. The SMILES string of the molecule is CCc1ccc(S(=O)(=O)Nc2ccc(N3CCCCS3(=O)=O)cc2)s1. The summed E-state index contributed by atoms with van der Waals surface area (Å²) in [5.74, 6) is 0.152. The molecule has 0 aliphatic carbocycles. The predicted molar refractivity (Wildman–Crippen MR) is 101 cm³/mol. The third-order valence-corrected chi connectivity index (χ3v) is 8.98. The zero-order valence-corrected chi connectivity index (χ0v) is 16.3. The lowest BCUT2D eigenvalue weighted by atomic mass is 10.2. The largest absolute Gasteiger partial charge is 0.279 e. The van der Waals surface area contributed by atoms with E-state index in [0.29, 0.717) is 24.3 Å². The summed E-state index contributed by atoms with van der Waals surface area (Å²) < 4.78 is 53.3. The van der Waals surface area contributed by atoms with Gasteiger partial charge in [0, 0.05) is 17.1 Å². The van der Waals surface area contributed by atoms with E-state index in [-0.39, 0.29) is 9.96 Å². The van der Waals surface area contributed by atoms with Gasteiger partial charge in [-0.25, -0.2) is 16.8 Å². The molecule has 1 fully saturated rings. The molecule has 1 N–H and O–H groups in total. The van der Waals surface area contributed by atoms with E-state index in [1.165, 1.54) is 15.6 Å². The number of aryl methyl sites for hydroxylation is 1. The van der Waals surface area contributed by atoms with E-state index >= 15 is 0 Å². The summed E-state index contributed by atoms with van der Waals surface area (Å²) in [5, 5.41) is 0. The maximum atomic E-state index is 12.4. The maximum absolute atomic E-state index is 12.4. The number of nitrogens with one attached hydrogen (secondary N) is 1. The van der Waals surface area contributed by atoms with Crippen molar-refractivity contribution in [1.82, 2.24) is 0 Å². The molecular weight excluding hydrogens is 380 g/mol. The molecule has 25 heavy (non-hydrogen) atoms. The molecule has 1 aliphatic heterocycles. The highest BCUT2D eigenvalue weighted by molar-refractivity contribution is 7.94. The first-order chi connectivity index (χ1) is 11.8. The van der Waals surface area contributed by atoms with Gasteiger partial charge in [-0.05, 0) is 55.7 Å². The van der Waals surface area contributed by atoms with Crippen molar-refractivity contribution in [2.45, 2.75) is 30.4 Å². The lowest BCUT2D eigenvalue weighted by molar-refractivity contribution is 0.574. The molecule has 9 heteroatoms. The first kappa shape index (κ1) is 18.2. The van der Waals surface area contributed by atoms with Gasteiger partial charge in [-0.3, -0.25) is 9.03 Å². The molecule has 3 rings (SSSR count). The second-order valence-corrected chi connectivity index (χ2v) is 10.9. The van der Waals surface area contributed by atoms with Gasteiger partial charge in [-0.15, -0.1) is 11.3 Å². The number of rotatable bonds is 5. The van der Waals surface area contributed by atoms with E-state index < -0.39 is 20.0 Å². The maximum Gasteiger partial charge on any atom is 0.271 e. The smallest absolute Gasteiger partial charge is 0.271 e. The molecule has 2 aromatic rings. The Morgan fingerprint density at radius 1 is 1.12 bits per heavy atom. The quantitative estimate of drug-likeness (QED) is 0.836. The normalized spacial score (nSPS) is 17.4. The van der Waals surface area contributed by atoms with Crippen molar-refractivity contribution in [3.8, 4) is 0 Å². The minimum absolute atomic E-state index is 0.152. The fourth-order valence-corrected chi connectivity index (χ4v) is 6.67. The third kappa shape index (κ3) is 3.99. The Morgan fingerprint density at radius 3 is 2.44 bits per heavy atom. The van der Waals surface area contributed by atoms with E-state index in [0.717, 1.165) is 17.7 Å². The fourth-order valence-electron chi connectivity index (χ4n) is 2.67.